The average Bonchev–Trinajstić information content (AvgIpc) is 2.55. The minimum Gasteiger partial charge on any atom is -0.497 e. The van der Waals surface area contributed by atoms with Crippen LogP contribution in [0.3, 0.4) is 0 Å². The molecule has 6 nitrogen and oxygen atoms in total. The zero-order valence-electron chi connectivity index (χ0n) is 12.5. The Kier molecular flexibility index (Phi) is 5.08. The summed E-state index contributed by atoms with van der Waals surface area (Å²) in [5.74, 6) is 1.54. The van der Waals surface area contributed by atoms with Gasteiger partial charge in [0.25, 0.3) is 5.91 Å². The lowest BCUT2D eigenvalue weighted by Gasteiger charge is -2.11. The van der Waals surface area contributed by atoms with Crippen LogP contribution in [0.4, 0.5) is 11.4 Å². The first-order valence-electron chi connectivity index (χ1n) is 6.62. The van der Waals surface area contributed by atoms with Crippen LogP contribution in [0.15, 0.2) is 42.5 Å². The number of benzene rings is 2. The molecule has 0 saturated heterocycles. The maximum Gasteiger partial charge on any atom is 0.262 e. The van der Waals surface area contributed by atoms with Gasteiger partial charge >= 0.3 is 0 Å². The Bertz CT molecular complexity index is 658. The van der Waals surface area contributed by atoms with E-state index in [0.29, 0.717) is 28.6 Å². The Morgan fingerprint density at radius 2 is 1.73 bits per heavy atom. The van der Waals surface area contributed by atoms with E-state index in [-0.39, 0.29) is 12.5 Å². The van der Waals surface area contributed by atoms with Gasteiger partial charge in [-0.2, -0.15) is 0 Å². The molecule has 0 atom stereocenters. The molecule has 0 heterocycles. The Balaban J connectivity index is 1.92. The number of hydrogen-bond acceptors (Lipinski definition) is 5. The van der Waals surface area contributed by atoms with Crippen molar-refractivity contribution in [3.63, 3.8) is 0 Å². The van der Waals surface area contributed by atoms with E-state index in [2.05, 4.69) is 5.32 Å². The van der Waals surface area contributed by atoms with Crippen molar-refractivity contribution >= 4 is 17.3 Å². The first kappa shape index (κ1) is 15.5. The highest BCUT2D eigenvalue weighted by atomic mass is 16.5. The zero-order chi connectivity index (χ0) is 15.9. The smallest absolute Gasteiger partial charge is 0.262 e. The molecule has 0 aliphatic carbocycles. The van der Waals surface area contributed by atoms with Gasteiger partial charge in [0.05, 0.1) is 25.6 Å². The molecule has 22 heavy (non-hydrogen) atoms. The fourth-order valence-electron chi connectivity index (χ4n) is 1.81. The topological polar surface area (TPSA) is 82.8 Å². The molecule has 0 bridgehead atoms. The molecule has 116 valence electrons. The van der Waals surface area contributed by atoms with E-state index in [0.717, 1.165) is 0 Å². The number of rotatable bonds is 6. The molecule has 2 aromatic carbocycles. The summed E-state index contributed by atoms with van der Waals surface area (Å²) in [7, 11) is 3.12. The van der Waals surface area contributed by atoms with Crippen LogP contribution in [-0.2, 0) is 4.79 Å². The summed E-state index contributed by atoms with van der Waals surface area (Å²) in [4.78, 5) is 11.9. The van der Waals surface area contributed by atoms with E-state index < -0.39 is 0 Å². The predicted molar refractivity (Wildman–Crippen MR) is 84.5 cm³/mol. The Morgan fingerprint density at radius 1 is 1.05 bits per heavy atom. The lowest BCUT2D eigenvalue weighted by atomic mass is 10.2. The summed E-state index contributed by atoms with van der Waals surface area (Å²) < 4.78 is 15.5. The number of anilines is 2. The van der Waals surface area contributed by atoms with Crippen LogP contribution in [0.25, 0.3) is 0 Å². The molecule has 2 aromatic rings. The van der Waals surface area contributed by atoms with Gasteiger partial charge in [0.2, 0.25) is 0 Å². The average molecular weight is 302 g/mol. The molecule has 0 spiro atoms. The van der Waals surface area contributed by atoms with Gasteiger partial charge in [-0.05, 0) is 24.3 Å². The fourth-order valence-corrected chi connectivity index (χ4v) is 1.81. The van der Waals surface area contributed by atoms with E-state index in [1.165, 1.54) is 0 Å². The van der Waals surface area contributed by atoms with Gasteiger partial charge in [0.15, 0.2) is 6.61 Å². The van der Waals surface area contributed by atoms with E-state index in [1.807, 2.05) is 0 Å². The highest BCUT2D eigenvalue weighted by Crippen LogP contribution is 2.24. The highest BCUT2D eigenvalue weighted by molar-refractivity contribution is 5.95. The number of amides is 1. The van der Waals surface area contributed by atoms with Gasteiger partial charge in [-0.15, -0.1) is 0 Å². The summed E-state index contributed by atoms with van der Waals surface area (Å²) in [5, 5.41) is 2.68. The number of ether oxygens (including phenoxy) is 3. The van der Waals surface area contributed by atoms with Crippen LogP contribution in [0.2, 0.25) is 0 Å². The van der Waals surface area contributed by atoms with Gasteiger partial charge in [0, 0.05) is 12.1 Å². The van der Waals surface area contributed by atoms with Gasteiger partial charge in [-0.1, -0.05) is 6.07 Å². The lowest BCUT2D eigenvalue weighted by Crippen LogP contribution is -2.20. The third kappa shape index (κ3) is 4.05. The van der Waals surface area contributed by atoms with Crippen LogP contribution in [0.5, 0.6) is 17.2 Å². The van der Waals surface area contributed by atoms with Crippen LogP contribution in [-0.4, -0.2) is 26.7 Å². The molecule has 3 N–H and O–H groups in total. The summed E-state index contributed by atoms with van der Waals surface area (Å²) in [6, 6.07) is 12.1. The molecule has 0 fully saturated rings. The number of nitrogens with two attached hydrogens (primary N) is 1. The Labute approximate surface area is 128 Å². The monoisotopic (exact) mass is 302 g/mol. The SMILES string of the molecule is COc1cccc(OCC(=O)Nc2ccc(OC)cc2N)c1. The number of carbonyl (C=O) groups is 1. The number of methoxy groups -OCH3 is 2. The van der Waals surface area contributed by atoms with Gasteiger partial charge < -0.3 is 25.3 Å². The van der Waals surface area contributed by atoms with Crippen molar-refractivity contribution in [2.75, 3.05) is 31.9 Å². The third-order valence-electron chi connectivity index (χ3n) is 2.94. The molecule has 0 unspecified atom stereocenters. The maximum atomic E-state index is 11.9. The molecule has 6 heteroatoms. The largest absolute Gasteiger partial charge is 0.497 e. The van der Waals surface area contributed by atoms with E-state index in [4.69, 9.17) is 19.9 Å². The predicted octanol–water partition coefficient (Wildman–Crippen LogP) is 2.30. The van der Waals surface area contributed by atoms with Gasteiger partial charge in [-0.3, -0.25) is 4.79 Å². The van der Waals surface area contributed by atoms with E-state index in [9.17, 15) is 4.79 Å². The quantitative estimate of drug-likeness (QED) is 0.800. The number of nitrogen functional groups attached to an aromatic ring is 1. The summed E-state index contributed by atoms with van der Waals surface area (Å²) >= 11 is 0. The number of carbonyl (C=O) groups excluding carboxylic acids is 1. The first-order chi connectivity index (χ1) is 10.6. The van der Waals surface area contributed by atoms with Gasteiger partial charge in [-0.25, -0.2) is 0 Å². The third-order valence-corrected chi connectivity index (χ3v) is 2.94. The molecule has 0 radical (unpaired) electrons. The van der Waals surface area contributed by atoms with Crippen LogP contribution < -0.4 is 25.3 Å². The second-order valence-electron chi connectivity index (χ2n) is 4.47. The Hall–Kier alpha value is -2.89. The van der Waals surface area contributed by atoms with Crippen molar-refractivity contribution < 1.29 is 19.0 Å². The molecule has 0 aliphatic rings. The van der Waals surface area contributed by atoms with Crippen molar-refractivity contribution in [2.24, 2.45) is 0 Å². The van der Waals surface area contributed by atoms with E-state index >= 15 is 0 Å². The molecule has 0 aromatic heterocycles. The summed E-state index contributed by atoms with van der Waals surface area (Å²) in [6.45, 7) is -0.126. The highest BCUT2D eigenvalue weighted by Gasteiger charge is 2.07. The second-order valence-corrected chi connectivity index (χ2v) is 4.47. The van der Waals surface area contributed by atoms with Crippen molar-refractivity contribution in [2.45, 2.75) is 0 Å². The standard InChI is InChI=1S/C16H18N2O4/c1-20-11-4-3-5-13(8-11)22-10-16(19)18-15-7-6-12(21-2)9-14(15)17/h3-9H,10,17H2,1-2H3,(H,18,19). The molecular formula is C16H18N2O4. The zero-order valence-corrected chi connectivity index (χ0v) is 12.5. The van der Waals surface area contributed by atoms with Crippen molar-refractivity contribution in [3.05, 3.63) is 42.5 Å². The summed E-state index contributed by atoms with van der Waals surface area (Å²) in [5.41, 5.74) is 6.78. The normalized spacial score (nSPS) is 9.91. The van der Waals surface area contributed by atoms with Crippen molar-refractivity contribution in [3.8, 4) is 17.2 Å². The second kappa shape index (κ2) is 7.21. The fraction of sp³-hybridized carbons (Fsp3) is 0.188. The Morgan fingerprint density at radius 3 is 2.41 bits per heavy atom. The first-order valence-corrected chi connectivity index (χ1v) is 6.62. The van der Waals surface area contributed by atoms with Crippen LogP contribution in [0, 0.1) is 0 Å². The minimum absolute atomic E-state index is 0.126. The molecule has 0 saturated carbocycles. The lowest BCUT2D eigenvalue weighted by molar-refractivity contribution is -0.118. The molecular weight excluding hydrogens is 284 g/mol. The maximum absolute atomic E-state index is 11.9. The van der Waals surface area contributed by atoms with Crippen molar-refractivity contribution in [1.82, 2.24) is 0 Å². The van der Waals surface area contributed by atoms with E-state index in [1.54, 1.807) is 56.7 Å². The van der Waals surface area contributed by atoms with Crippen LogP contribution in [0.1, 0.15) is 0 Å². The van der Waals surface area contributed by atoms with Crippen molar-refractivity contribution in [1.29, 1.82) is 0 Å². The number of hydrogen-bond donors (Lipinski definition) is 2. The molecule has 0 aliphatic heterocycles. The van der Waals surface area contributed by atoms with Crippen LogP contribution >= 0.6 is 0 Å². The molecule has 2 rings (SSSR count). The minimum atomic E-state index is -0.306. The van der Waals surface area contributed by atoms with Gasteiger partial charge in [0.1, 0.15) is 17.2 Å². The summed E-state index contributed by atoms with van der Waals surface area (Å²) in [6.07, 6.45) is 0. The number of nitrogens with one attached hydrogen (secondary N) is 1. The molecule has 1 amide bonds.